The first-order valence-corrected chi connectivity index (χ1v) is 9.40. The number of hydrogen-bond acceptors (Lipinski definition) is 7. The molecule has 0 radical (unpaired) electrons. The first-order valence-electron chi connectivity index (χ1n) is 9.40. The van der Waals surface area contributed by atoms with Gasteiger partial charge in [-0.15, -0.1) is 0 Å². The van der Waals surface area contributed by atoms with Crippen LogP contribution < -0.4 is 26.2 Å². The van der Waals surface area contributed by atoms with Gasteiger partial charge in [-0.05, 0) is 17.7 Å². The normalized spacial score (nSPS) is 27.1. The molecule has 0 aromatic heterocycles. The van der Waals surface area contributed by atoms with Crippen LogP contribution in [0.4, 0.5) is 0 Å². The molecule has 0 bridgehead atoms. The summed E-state index contributed by atoms with van der Waals surface area (Å²) in [6.45, 7) is 6.15. The van der Waals surface area contributed by atoms with Gasteiger partial charge in [-0.3, -0.25) is 20.4 Å². The van der Waals surface area contributed by atoms with Crippen LogP contribution in [-0.2, 0) is 16.1 Å². The number of nitrogens with one attached hydrogen (secondary N) is 4. The Kier molecular flexibility index (Phi) is 5.83. The van der Waals surface area contributed by atoms with Crippen LogP contribution in [0.25, 0.3) is 0 Å². The van der Waals surface area contributed by atoms with Gasteiger partial charge in [0.25, 0.3) is 0 Å². The summed E-state index contributed by atoms with van der Waals surface area (Å²) in [5, 5.41) is 6.02. The molecule has 9 heteroatoms. The standard InChI is InChI=1S/C18H26N6O3/c25-17-15-12-20-23-16(15)21-18(22-17)19-11-13-2-1-3-14(10-13)27-9-6-24-4-7-26-8-5-24/h1-3,10,15-16,20,23H,4-9,11-12H2,(H2,19,21,22,25). The lowest BCUT2D eigenvalue weighted by Gasteiger charge is -2.27. The van der Waals surface area contributed by atoms with Crippen molar-refractivity contribution in [1.29, 1.82) is 0 Å². The number of fused-ring (bicyclic) bond motifs is 1. The van der Waals surface area contributed by atoms with E-state index in [1.165, 1.54) is 0 Å². The molecule has 2 atom stereocenters. The third kappa shape index (κ3) is 4.75. The Hall–Kier alpha value is -2.20. The number of morpholine rings is 1. The maximum absolute atomic E-state index is 12.1. The third-order valence-corrected chi connectivity index (χ3v) is 4.95. The third-order valence-electron chi connectivity index (χ3n) is 4.95. The van der Waals surface area contributed by atoms with E-state index in [0.29, 0.717) is 25.7 Å². The second kappa shape index (κ2) is 8.66. The smallest absolute Gasteiger partial charge is 0.234 e. The van der Waals surface area contributed by atoms with Gasteiger partial charge in [-0.2, -0.15) is 0 Å². The monoisotopic (exact) mass is 374 g/mol. The van der Waals surface area contributed by atoms with Gasteiger partial charge in [0.1, 0.15) is 18.5 Å². The van der Waals surface area contributed by atoms with E-state index in [4.69, 9.17) is 9.47 Å². The lowest BCUT2D eigenvalue weighted by Crippen LogP contribution is -2.61. The molecule has 146 valence electrons. The number of nitrogens with zero attached hydrogens (tertiary/aromatic N) is 2. The second-order valence-corrected chi connectivity index (χ2v) is 6.86. The van der Waals surface area contributed by atoms with E-state index in [-0.39, 0.29) is 18.0 Å². The average molecular weight is 374 g/mol. The van der Waals surface area contributed by atoms with Crippen molar-refractivity contribution in [2.75, 3.05) is 46.0 Å². The zero-order chi connectivity index (χ0) is 18.5. The number of benzene rings is 1. The van der Waals surface area contributed by atoms with E-state index in [1.54, 1.807) is 0 Å². The number of carbonyl (C=O) groups is 1. The fourth-order valence-electron chi connectivity index (χ4n) is 3.38. The first kappa shape index (κ1) is 18.2. The molecule has 4 rings (SSSR count). The van der Waals surface area contributed by atoms with Gasteiger partial charge < -0.3 is 14.8 Å². The van der Waals surface area contributed by atoms with E-state index >= 15 is 0 Å². The number of rotatable bonds is 6. The van der Waals surface area contributed by atoms with Crippen molar-refractivity contribution in [2.45, 2.75) is 12.7 Å². The molecule has 0 spiro atoms. The van der Waals surface area contributed by atoms with E-state index in [0.717, 1.165) is 44.2 Å². The molecule has 1 amide bonds. The number of hydrazine groups is 1. The topological polar surface area (TPSA) is 99.2 Å². The summed E-state index contributed by atoms with van der Waals surface area (Å²) in [6, 6.07) is 7.91. The fourth-order valence-corrected chi connectivity index (χ4v) is 3.38. The minimum atomic E-state index is -0.118. The van der Waals surface area contributed by atoms with Gasteiger partial charge in [-0.1, -0.05) is 12.1 Å². The molecule has 9 nitrogen and oxygen atoms in total. The van der Waals surface area contributed by atoms with Crippen LogP contribution in [-0.4, -0.2) is 68.9 Å². The zero-order valence-corrected chi connectivity index (χ0v) is 15.2. The van der Waals surface area contributed by atoms with Gasteiger partial charge in [0, 0.05) is 26.2 Å². The summed E-state index contributed by atoms with van der Waals surface area (Å²) < 4.78 is 11.2. The van der Waals surface area contributed by atoms with Crippen LogP contribution in [0.2, 0.25) is 0 Å². The second-order valence-electron chi connectivity index (χ2n) is 6.86. The van der Waals surface area contributed by atoms with Crippen LogP contribution in [0.3, 0.4) is 0 Å². The van der Waals surface area contributed by atoms with E-state index in [2.05, 4.69) is 31.4 Å². The SMILES string of the molecule is O=C1NC(=NCc2cccc(OCCN3CCOCC3)c2)NC2NNCC12. The van der Waals surface area contributed by atoms with Crippen molar-refractivity contribution in [1.82, 2.24) is 26.4 Å². The van der Waals surface area contributed by atoms with Crippen LogP contribution in [0.5, 0.6) is 5.75 Å². The molecule has 1 aromatic rings. The molecule has 0 aliphatic carbocycles. The Morgan fingerprint density at radius 2 is 2.19 bits per heavy atom. The summed E-state index contributed by atoms with van der Waals surface area (Å²) >= 11 is 0. The Balaban J connectivity index is 1.28. The van der Waals surface area contributed by atoms with Crippen molar-refractivity contribution in [3.05, 3.63) is 29.8 Å². The predicted molar refractivity (Wildman–Crippen MR) is 100 cm³/mol. The lowest BCUT2D eigenvalue weighted by atomic mass is 10.1. The van der Waals surface area contributed by atoms with E-state index < -0.39 is 0 Å². The van der Waals surface area contributed by atoms with Crippen LogP contribution in [0, 0.1) is 5.92 Å². The molecule has 3 aliphatic rings. The molecule has 3 aliphatic heterocycles. The van der Waals surface area contributed by atoms with Gasteiger partial charge in [-0.25, -0.2) is 10.4 Å². The molecule has 0 saturated carbocycles. The van der Waals surface area contributed by atoms with Crippen molar-refractivity contribution in [3.63, 3.8) is 0 Å². The number of guanidine groups is 1. The van der Waals surface area contributed by atoms with Gasteiger partial charge in [0.05, 0.1) is 25.7 Å². The van der Waals surface area contributed by atoms with E-state index in [9.17, 15) is 4.79 Å². The Morgan fingerprint density at radius 1 is 1.30 bits per heavy atom. The number of amides is 1. The molecule has 3 saturated heterocycles. The molecule has 4 N–H and O–H groups in total. The van der Waals surface area contributed by atoms with Crippen LogP contribution >= 0.6 is 0 Å². The minimum absolute atomic E-state index is 0.0183. The van der Waals surface area contributed by atoms with Crippen molar-refractivity contribution in [3.8, 4) is 5.75 Å². The minimum Gasteiger partial charge on any atom is -0.492 e. The lowest BCUT2D eigenvalue weighted by molar-refractivity contribution is -0.124. The van der Waals surface area contributed by atoms with Crippen molar-refractivity contribution < 1.29 is 14.3 Å². The zero-order valence-electron chi connectivity index (χ0n) is 15.2. The Labute approximate surface area is 158 Å². The number of ether oxygens (including phenoxy) is 2. The van der Waals surface area contributed by atoms with Crippen molar-refractivity contribution in [2.24, 2.45) is 10.9 Å². The van der Waals surface area contributed by atoms with Gasteiger partial charge in [0.2, 0.25) is 5.91 Å². The quantitative estimate of drug-likeness (QED) is 0.508. The van der Waals surface area contributed by atoms with Crippen molar-refractivity contribution >= 4 is 11.9 Å². The largest absolute Gasteiger partial charge is 0.492 e. The maximum Gasteiger partial charge on any atom is 0.234 e. The maximum atomic E-state index is 12.1. The van der Waals surface area contributed by atoms with E-state index in [1.807, 2.05) is 24.3 Å². The first-order chi connectivity index (χ1) is 13.3. The molecule has 2 unspecified atom stereocenters. The number of aliphatic imine (C=N–C) groups is 1. The Bertz CT molecular complexity index is 691. The highest BCUT2D eigenvalue weighted by molar-refractivity contribution is 6.01. The van der Waals surface area contributed by atoms with Crippen LogP contribution in [0.15, 0.2) is 29.3 Å². The summed E-state index contributed by atoms with van der Waals surface area (Å²) in [6.07, 6.45) is -0.118. The van der Waals surface area contributed by atoms with Gasteiger partial charge >= 0.3 is 0 Å². The molecular formula is C18H26N6O3. The molecular weight excluding hydrogens is 348 g/mol. The highest BCUT2D eigenvalue weighted by atomic mass is 16.5. The average Bonchev–Trinajstić information content (AvgIpc) is 3.17. The summed E-state index contributed by atoms with van der Waals surface area (Å²) in [7, 11) is 0. The molecule has 3 heterocycles. The summed E-state index contributed by atoms with van der Waals surface area (Å²) in [5.74, 6) is 1.20. The molecule has 27 heavy (non-hydrogen) atoms. The molecule has 3 fully saturated rings. The highest BCUT2D eigenvalue weighted by Gasteiger charge is 2.37. The predicted octanol–water partition coefficient (Wildman–Crippen LogP) is -0.977. The van der Waals surface area contributed by atoms with Crippen LogP contribution in [0.1, 0.15) is 5.56 Å². The number of carbonyl (C=O) groups excluding carboxylic acids is 1. The van der Waals surface area contributed by atoms with Gasteiger partial charge in [0.15, 0.2) is 5.96 Å². The molecule has 1 aromatic carbocycles. The summed E-state index contributed by atoms with van der Waals surface area (Å²) in [4.78, 5) is 18.9. The summed E-state index contributed by atoms with van der Waals surface area (Å²) in [5.41, 5.74) is 7.06. The number of hydrogen-bond donors (Lipinski definition) is 4. The fraction of sp³-hybridized carbons (Fsp3) is 0.556. The highest BCUT2D eigenvalue weighted by Crippen LogP contribution is 2.15. The Morgan fingerprint density at radius 3 is 3.07 bits per heavy atom.